The smallest absolute Gasteiger partial charge is 0.251 e. The van der Waals surface area contributed by atoms with Gasteiger partial charge in [0.05, 0.1) is 12.0 Å². The number of aliphatic carboxylic acids is 1. The van der Waals surface area contributed by atoms with Crippen molar-refractivity contribution in [3.8, 4) is 0 Å². The molecule has 0 fully saturated rings. The summed E-state index contributed by atoms with van der Waals surface area (Å²) in [4.78, 5) is 36.7. The first-order valence-corrected chi connectivity index (χ1v) is 9.28. The second kappa shape index (κ2) is 10.3. The van der Waals surface area contributed by atoms with Gasteiger partial charge in [0.25, 0.3) is 5.91 Å². The lowest BCUT2D eigenvalue weighted by Gasteiger charge is -2.25. The van der Waals surface area contributed by atoms with Crippen LogP contribution >= 0.6 is 0 Å². The predicted molar refractivity (Wildman–Crippen MR) is 104 cm³/mol. The van der Waals surface area contributed by atoms with Crippen LogP contribution in [-0.4, -0.2) is 29.9 Å². The van der Waals surface area contributed by atoms with E-state index < -0.39 is 29.9 Å². The van der Waals surface area contributed by atoms with Gasteiger partial charge in [0.1, 0.15) is 6.04 Å². The molecule has 6 nitrogen and oxygen atoms in total. The molecule has 2 atom stereocenters. The van der Waals surface area contributed by atoms with Crippen molar-refractivity contribution in [3.05, 3.63) is 71.8 Å². The van der Waals surface area contributed by atoms with Crippen molar-refractivity contribution < 1.29 is 19.5 Å². The van der Waals surface area contributed by atoms with Crippen LogP contribution in [-0.2, 0) is 16.0 Å². The summed E-state index contributed by atoms with van der Waals surface area (Å²) in [5.41, 5.74) is 1.27. The number of amides is 2. The molecule has 2 aromatic rings. The molecule has 0 spiro atoms. The monoisotopic (exact) mass is 381 g/mol. The van der Waals surface area contributed by atoms with Crippen LogP contribution in [0.25, 0.3) is 0 Å². The largest absolute Gasteiger partial charge is 0.548 e. The topological polar surface area (TPSA) is 98.3 Å². The van der Waals surface area contributed by atoms with Crippen LogP contribution in [0.4, 0.5) is 0 Å². The minimum Gasteiger partial charge on any atom is -0.548 e. The Morgan fingerprint density at radius 1 is 0.857 bits per heavy atom. The Morgan fingerprint density at radius 2 is 1.43 bits per heavy atom. The molecule has 2 amide bonds. The average molecular weight is 381 g/mol. The summed E-state index contributed by atoms with van der Waals surface area (Å²) in [5, 5.41) is 16.6. The van der Waals surface area contributed by atoms with Crippen molar-refractivity contribution in [2.75, 3.05) is 0 Å². The molecule has 6 heteroatoms. The van der Waals surface area contributed by atoms with E-state index in [0.29, 0.717) is 5.56 Å². The SMILES string of the molecule is CC(C)C[C@@H](NC(=O)[C@@H](Cc1ccccc1)NC(=O)c1ccccc1)C(=O)[O-]. The second-order valence-corrected chi connectivity index (χ2v) is 7.09. The van der Waals surface area contributed by atoms with Gasteiger partial charge in [0, 0.05) is 12.0 Å². The Bertz CT molecular complexity index is 791. The normalized spacial score (nSPS) is 12.8. The van der Waals surface area contributed by atoms with E-state index in [1.165, 1.54) is 0 Å². The van der Waals surface area contributed by atoms with Gasteiger partial charge in [-0.25, -0.2) is 0 Å². The van der Waals surface area contributed by atoms with Crippen molar-refractivity contribution in [2.45, 2.75) is 38.8 Å². The van der Waals surface area contributed by atoms with Gasteiger partial charge >= 0.3 is 0 Å². The van der Waals surface area contributed by atoms with Gasteiger partial charge in [-0.2, -0.15) is 0 Å². The van der Waals surface area contributed by atoms with Crippen LogP contribution in [0.15, 0.2) is 60.7 Å². The molecule has 0 unspecified atom stereocenters. The van der Waals surface area contributed by atoms with Crippen LogP contribution in [0.2, 0.25) is 0 Å². The van der Waals surface area contributed by atoms with Gasteiger partial charge < -0.3 is 20.5 Å². The number of hydrogen-bond donors (Lipinski definition) is 2. The van der Waals surface area contributed by atoms with Crippen LogP contribution in [0, 0.1) is 5.92 Å². The molecular formula is C22H25N2O4-. The lowest BCUT2D eigenvalue weighted by Crippen LogP contribution is -2.55. The van der Waals surface area contributed by atoms with E-state index in [0.717, 1.165) is 5.56 Å². The fraction of sp³-hybridized carbons (Fsp3) is 0.318. The molecule has 148 valence electrons. The van der Waals surface area contributed by atoms with Gasteiger partial charge in [-0.1, -0.05) is 62.4 Å². The number of carboxylic acid groups (broad SMARTS) is 1. The Hall–Kier alpha value is -3.15. The van der Waals surface area contributed by atoms with Gasteiger partial charge in [-0.3, -0.25) is 9.59 Å². The number of rotatable bonds is 9. The quantitative estimate of drug-likeness (QED) is 0.684. The first kappa shape index (κ1) is 21.2. The zero-order chi connectivity index (χ0) is 20.5. The zero-order valence-corrected chi connectivity index (χ0v) is 16.1. The van der Waals surface area contributed by atoms with Gasteiger partial charge in [-0.15, -0.1) is 0 Å². The average Bonchev–Trinajstić information content (AvgIpc) is 2.68. The molecule has 0 aromatic heterocycles. The Labute approximate surface area is 165 Å². The molecule has 2 rings (SSSR count). The van der Waals surface area contributed by atoms with Crippen molar-refractivity contribution in [2.24, 2.45) is 5.92 Å². The Balaban J connectivity index is 2.17. The molecule has 0 saturated carbocycles. The van der Waals surface area contributed by atoms with E-state index in [4.69, 9.17) is 0 Å². The number of hydrogen-bond acceptors (Lipinski definition) is 4. The highest BCUT2D eigenvalue weighted by molar-refractivity contribution is 5.98. The molecule has 28 heavy (non-hydrogen) atoms. The van der Waals surface area contributed by atoms with Crippen LogP contribution in [0.3, 0.4) is 0 Å². The fourth-order valence-electron chi connectivity index (χ4n) is 2.85. The lowest BCUT2D eigenvalue weighted by molar-refractivity contribution is -0.308. The van der Waals surface area contributed by atoms with Crippen molar-refractivity contribution in [3.63, 3.8) is 0 Å². The minimum atomic E-state index is -1.34. The van der Waals surface area contributed by atoms with Gasteiger partial charge in [0.15, 0.2) is 0 Å². The summed E-state index contributed by atoms with van der Waals surface area (Å²) < 4.78 is 0. The van der Waals surface area contributed by atoms with Gasteiger partial charge in [0.2, 0.25) is 5.91 Å². The van der Waals surface area contributed by atoms with E-state index in [-0.39, 0.29) is 18.8 Å². The molecule has 0 radical (unpaired) electrons. The molecule has 0 bridgehead atoms. The minimum absolute atomic E-state index is 0.0645. The van der Waals surface area contributed by atoms with Crippen molar-refractivity contribution in [1.82, 2.24) is 10.6 Å². The van der Waals surface area contributed by atoms with Crippen molar-refractivity contribution >= 4 is 17.8 Å². The number of carbonyl (C=O) groups excluding carboxylic acids is 3. The summed E-state index contributed by atoms with van der Waals surface area (Å²) in [6.45, 7) is 3.72. The number of benzene rings is 2. The Kier molecular flexibility index (Phi) is 7.75. The van der Waals surface area contributed by atoms with Crippen LogP contribution in [0.5, 0.6) is 0 Å². The standard InChI is InChI=1S/C22H26N2O4/c1-15(2)13-19(22(27)28)24-21(26)18(14-16-9-5-3-6-10-16)23-20(25)17-11-7-4-8-12-17/h3-12,15,18-19H,13-14H2,1-2H3,(H,23,25)(H,24,26)(H,27,28)/p-1/t18-,19-/m1/s1. The number of carboxylic acids is 1. The molecule has 0 heterocycles. The number of carbonyl (C=O) groups is 3. The summed E-state index contributed by atoms with van der Waals surface area (Å²) in [6, 6.07) is 15.8. The van der Waals surface area contributed by atoms with Crippen LogP contribution < -0.4 is 15.7 Å². The first-order valence-electron chi connectivity index (χ1n) is 9.28. The maximum atomic E-state index is 12.8. The van der Waals surface area contributed by atoms with E-state index in [2.05, 4.69) is 10.6 Å². The van der Waals surface area contributed by atoms with E-state index in [9.17, 15) is 19.5 Å². The summed E-state index contributed by atoms with van der Waals surface area (Å²) in [7, 11) is 0. The molecule has 0 saturated heterocycles. The zero-order valence-electron chi connectivity index (χ0n) is 16.1. The molecule has 0 aliphatic carbocycles. The maximum absolute atomic E-state index is 12.8. The number of nitrogens with one attached hydrogen (secondary N) is 2. The van der Waals surface area contributed by atoms with Crippen LogP contribution in [0.1, 0.15) is 36.2 Å². The first-order chi connectivity index (χ1) is 13.4. The third-order valence-electron chi connectivity index (χ3n) is 4.25. The van der Waals surface area contributed by atoms with E-state index in [1.807, 2.05) is 44.2 Å². The lowest BCUT2D eigenvalue weighted by atomic mass is 10.0. The fourth-order valence-corrected chi connectivity index (χ4v) is 2.85. The predicted octanol–water partition coefficient (Wildman–Crippen LogP) is 1.31. The summed E-state index contributed by atoms with van der Waals surface area (Å²) in [6.07, 6.45) is 0.492. The molecular weight excluding hydrogens is 356 g/mol. The molecule has 2 aromatic carbocycles. The van der Waals surface area contributed by atoms with Crippen molar-refractivity contribution in [1.29, 1.82) is 0 Å². The third-order valence-corrected chi connectivity index (χ3v) is 4.25. The molecule has 0 aliphatic rings. The second-order valence-electron chi connectivity index (χ2n) is 7.09. The molecule has 0 aliphatic heterocycles. The maximum Gasteiger partial charge on any atom is 0.251 e. The Morgan fingerprint density at radius 3 is 1.96 bits per heavy atom. The van der Waals surface area contributed by atoms with Gasteiger partial charge in [-0.05, 0) is 30.0 Å². The van der Waals surface area contributed by atoms with E-state index in [1.54, 1.807) is 30.3 Å². The third kappa shape index (κ3) is 6.54. The van der Waals surface area contributed by atoms with E-state index >= 15 is 0 Å². The summed E-state index contributed by atoms with van der Waals surface area (Å²) >= 11 is 0. The summed E-state index contributed by atoms with van der Waals surface area (Å²) in [5.74, 6) is -2.22. The highest BCUT2D eigenvalue weighted by Gasteiger charge is 2.25. The highest BCUT2D eigenvalue weighted by atomic mass is 16.4. The highest BCUT2D eigenvalue weighted by Crippen LogP contribution is 2.08. The molecule has 2 N–H and O–H groups in total.